The molecule has 0 saturated heterocycles. The van der Waals surface area contributed by atoms with E-state index in [2.05, 4.69) is 10.1 Å². The Morgan fingerprint density at radius 2 is 2.27 bits per heavy atom. The largest absolute Gasteiger partial charge is 0.329 e. The number of hydrogen-bond acceptors (Lipinski definition) is 2. The molecule has 0 atom stereocenters. The molecular formula is C10H13ClN4. The average molecular weight is 225 g/mol. The first kappa shape index (κ1) is 10.2. The first-order valence-electron chi connectivity index (χ1n) is 4.75. The maximum absolute atomic E-state index is 5.80. The van der Waals surface area contributed by atoms with Crippen LogP contribution in [0.25, 0.3) is 0 Å². The lowest BCUT2D eigenvalue weighted by Crippen LogP contribution is -2.02. The summed E-state index contributed by atoms with van der Waals surface area (Å²) in [4.78, 5) is 4.08. The van der Waals surface area contributed by atoms with E-state index in [4.69, 9.17) is 11.6 Å². The lowest BCUT2D eigenvalue weighted by Gasteiger charge is -2.04. The summed E-state index contributed by atoms with van der Waals surface area (Å²) in [7, 11) is 1.92. The molecule has 0 spiro atoms. The molecule has 0 N–H and O–H groups in total. The summed E-state index contributed by atoms with van der Waals surface area (Å²) >= 11 is 5.80. The van der Waals surface area contributed by atoms with Gasteiger partial charge in [-0.2, -0.15) is 5.10 Å². The summed E-state index contributed by atoms with van der Waals surface area (Å²) in [6.07, 6.45) is 5.61. The van der Waals surface area contributed by atoms with E-state index in [-0.39, 0.29) is 0 Å². The van der Waals surface area contributed by atoms with Crippen LogP contribution < -0.4 is 0 Å². The van der Waals surface area contributed by atoms with Gasteiger partial charge in [0.25, 0.3) is 0 Å². The van der Waals surface area contributed by atoms with E-state index in [1.165, 1.54) is 5.56 Å². The molecule has 4 nitrogen and oxygen atoms in total. The second-order valence-electron chi connectivity index (χ2n) is 3.56. The van der Waals surface area contributed by atoms with Crippen molar-refractivity contribution in [2.45, 2.75) is 19.3 Å². The van der Waals surface area contributed by atoms with Crippen LogP contribution in [0.2, 0.25) is 0 Å². The van der Waals surface area contributed by atoms with E-state index in [0.717, 1.165) is 17.9 Å². The van der Waals surface area contributed by atoms with Gasteiger partial charge in [-0.05, 0) is 6.92 Å². The molecule has 2 rings (SSSR count). The van der Waals surface area contributed by atoms with Gasteiger partial charge in [0.2, 0.25) is 0 Å². The predicted molar refractivity (Wildman–Crippen MR) is 58.8 cm³/mol. The van der Waals surface area contributed by atoms with Crippen LogP contribution in [0.3, 0.4) is 0 Å². The van der Waals surface area contributed by atoms with Crippen LogP contribution >= 0.6 is 11.6 Å². The van der Waals surface area contributed by atoms with E-state index in [1.54, 1.807) is 12.5 Å². The van der Waals surface area contributed by atoms with Gasteiger partial charge >= 0.3 is 0 Å². The van der Waals surface area contributed by atoms with Gasteiger partial charge in [0.15, 0.2) is 0 Å². The van der Waals surface area contributed by atoms with Crippen LogP contribution in [0.1, 0.15) is 17.0 Å². The van der Waals surface area contributed by atoms with Gasteiger partial charge in [-0.3, -0.25) is 4.68 Å². The Morgan fingerprint density at radius 3 is 2.87 bits per heavy atom. The van der Waals surface area contributed by atoms with Gasteiger partial charge in [-0.25, -0.2) is 4.98 Å². The van der Waals surface area contributed by atoms with Gasteiger partial charge in [0.1, 0.15) is 0 Å². The smallest absolute Gasteiger partial charge is 0.0951 e. The van der Waals surface area contributed by atoms with Crippen LogP contribution in [0.4, 0.5) is 0 Å². The zero-order valence-electron chi connectivity index (χ0n) is 8.81. The molecule has 0 fully saturated rings. The van der Waals surface area contributed by atoms with Crippen LogP contribution in [0.15, 0.2) is 18.7 Å². The van der Waals surface area contributed by atoms with Gasteiger partial charge in [0.05, 0.1) is 30.1 Å². The van der Waals surface area contributed by atoms with Crippen LogP contribution in [0, 0.1) is 6.92 Å². The standard InChI is InChI=1S/C10H13ClN4/c1-8-9(5-14(2)13-8)6-15-7-12-4-10(15)3-11/h4-5,7H,3,6H2,1-2H3. The molecule has 0 aromatic carbocycles. The Labute approximate surface area is 93.5 Å². The summed E-state index contributed by atoms with van der Waals surface area (Å²) < 4.78 is 3.86. The number of aromatic nitrogens is 4. The van der Waals surface area contributed by atoms with Gasteiger partial charge < -0.3 is 4.57 Å². The number of imidazole rings is 1. The van der Waals surface area contributed by atoms with Crippen LogP contribution in [-0.2, 0) is 19.5 Å². The maximum Gasteiger partial charge on any atom is 0.0951 e. The van der Waals surface area contributed by atoms with Crippen molar-refractivity contribution in [1.82, 2.24) is 19.3 Å². The first-order valence-corrected chi connectivity index (χ1v) is 5.28. The van der Waals surface area contributed by atoms with Crippen LogP contribution in [-0.4, -0.2) is 19.3 Å². The molecule has 0 radical (unpaired) electrons. The summed E-state index contributed by atoms with van der Waals surface area (Å²) in [6.45, 7) is 2.79. The topological polar surface area (TPSA) is 35.6 Å². The average Bonchev–Trinajstić information content (AvgIpc) is 2.74. The summed E-state index contributed by atoms with van der Waals surface area (Å²) in [6, 6.07) is 0. The lowest BCUT2D eigenvalue weighted by molar-refractivity contribution is 0.752. The maximum atomic E-state index is 5.80. The van der Waals surface area contributed by atoms with Crippen molar-refractivity contribution in [3.63, 3.8) is 0 Å². The fourth-order valence-corrected chi connectivity index (χ4v) is 1.81. The molecule has 0 unspecified atom stereocenters. The highest BCUT2D eigenvalue weighted by Crippen LogP contribution is 2.10. The molecule has 0 aliphatic carbocycles. The fraction of sp³-hybridized carbons (Fsp3) is 0.400. The Morgan fingerprint density at radius 1 is 1.47 bits per heavy atom. The van der Waals surface area contributed by atoms with Crippen molar-refractivity contribution in [3.8, 4) is 0 Å². The van der Waals surface area contributed by atoms with Gasteiger partial charge in [0, 0.05) is 25.0 Å². The number of halogens is 1. The quantitative estimate of drug-likeness (QED) is 0.745. The third kappa shape index (κ3) is 2.04. The molecule has 2 aromatic rings. The molecule has 2 heterocycles. The summed E-state index contributed by atoms with van der Waals surface area (Å²) in [5.41, 5.74) is 3.27. The van der Waals surface area contributed by atoms with E-state index in [1.807, 2.05) is 29.4 Å². The zero-order chi connectivity index (χ0) is 10.8. The van der Waals surface area contributed by atoms with Crippen molar-refractivity contribution in [1.29, 1.82) is 0 Å². The third-order valence-electron chi connectivity index (χ3n) is 2.39. The Balaban J connectivity index is 2.25. The predicted octanol–water partition coefficient (Wildman–Crippen LogP) is 1.71. The molecule has 0 amide bonds. The number of hydrogen-bond donors (Lipinski definition) is 0. The fourth-order valence-electron chi connectivity index (χ4n) is 1.59. The highest BCUT2D eigenvalue weighted by Gasteiger charge is 2.06. The normalized spacial score (nSPS) is 10.9. The molecule has 5 heteroatoms. The summed E-state index contributed by atoms with van der Waals surface area (Å²) in [5.74, 6) is 0.485. The van der Waals surface area contributed by atoms with E-state index >= 15 is 0 Å². The van der Waals surface area contributed by atoms with Crippen molar-refractivity contribution >= 4 is 11.6 Å². The van der Waals surface area contributed by atoms with Crippen LogP contribution in [0.5, 0.6) is 0 Å². The Hall–Kier alpha value is -1.29. The molecule has 0 saturated carbocycles. The Kier molecular flexibility index (Phi) is 2.77. The summed E-state index contributed by atoms with van der Waals surface area (Å²) in [5, 5.41) is 4.30. The van der Waals surface area contributed by atoms with E-state index in [9.17, 15) is 0 Å². The number of aryl methyl sites for hydroxylation is 2. The van der Waals surface area contributed by atoms with Crippen molar-refractivity contribution < 1.29 is 0 Å². The minimum atomic E-state index is 0.485. The highest BCUT2D eigenvalue weighted by atomic mass is 35.5. The minimum Gasteiger partial charge on any atom is -0.329 e. The van der Waals surface area contributed by atoms with Crippen molar-refractivity contribution in [3.05, 3.63) is 35.7 Å². The van der Waals surface area contributed by atoms with Gasteiger partial charge in [-0.15, -0.1) is 11.6 Å². The SMILES string of the molecule is Cc1nn(C)cc1Cn1cncc1CCl. The third-order valence-corrected chi connectivity index (χ3v) is 2.67. The highest BCUT2D eigenvalue weighted by molar-refractivity contribution is 6.16. The zero-order valence-corrected chi connectivity index (χ0v) is 9.57. The number of rotatable bonds is 3. The number of nitrogens with zero attached hydrogens (tertiary/aromatic N) is 4. The molecule has 80 valence electrons. The molecule has 0 bridgehead atoms. The monoisotopic (exact) mass is 224 g/mol. The number of alkyl halides is 1. The molecule has 15 heavy (non-hydrogen) atoms. The second-order valence-corrected chi connectivity index (χ2v) is 3.83. The molecule has 0 aliphatic heterocycles. The van der Waals surface area contributed by atoms with E-state index < -0.39 is 0 Å². The lowest BCUT2D eigenvalue weighted by atomic mass is 10.2. The molecule has 0 aliphatic rings. The minimum absolute atomic E-state index is 0.485. The van der Waals surface area contributed by atoms with E-state index in [0.29, 0.717) is 5.88 Å². The second kappa shape index (κ2) is 4.06. The molecular weight excluding hydrogens is 212 g/mol. The Bertz CT molecular complexity index is 458. The first-order chi connectivity index (χ1) is 7.20. The van der Waals surface area contributed by atoms with Gasteiger partial charge in [-0.1, -0.05) is 0 Å². The molecule has 2 aromatic heterocycles. The van der Waals surface area contributed by atoms with Crippen molar-refractivity contribution in [2.24, 2.45) is 7.05 Å². The van der Waals surface area contributed by atoms with Crippen molar-refractivity contribution in [2.75, 3.05) is 0 Å².